The Bertz CT molecular complexity index is 734. The Morgan fingerprint density at radius 3 is 2.38 bits per heavy atom. The number of hydrogen-bond acceptors (Lipinski definition) is 2. The van der Waals surface area contributed by atoms with Crippen LogP contribution >= 0.6 is 11.6 Å². The lowest BCUT2D eigenvalue weighted by Gasteiger charge is -2.29. The summed E-state index contributed by atoms with van der Waals surface area (Å²) in [4.78, 5) is 27.0. The van der Waals surface area contributed by atoms with Crippen molar-refractivity contribution in [1.29, 1.82) is 0 Å². The van der Waals surface area contributed by atoms with Gasteiger partial charge in [0.2, 0.25) is 11.8 Å². The van der Waals surface area contributed by atoms with Crippen molar-refractivity contribution in [3.63, 3.8) is 0 Å². The number of carbonyl (C=O) groups excluding carboxylic acids is 2. The molecule has 0 bridgehead atoms. The molecule has 0 radical (unpaired) electrons. The Morgan fingerprint density at radius 2 is 1.73 bits per heavy atom. The highest BCUT2D eigenvalue weighted by Crippen LogP contribution is 2.18. The number of rotatable bonds is 8. The van der Waals surface area contributed by atoms with Crippen molar-refractivity contribution in [1.82, 2.24) is 10.2 Å². The van der Waals surface area contributed by atoms with Crippen molar-refractivity contribution >= 4 is 23.4 Å². The van der Waals surface area contributed by atoms with Crippen LogP contribution in [0.4, 0.5) is 0 Å². The van der Waals surface area contributed by atoms with E-state index in [0.717, 1.165) is 17.5 Å². The van der Waals surface area contributed by atoms with Gasteiger partial charge in [-0.05, 0) is 30.5 Å². The monoisotopic (exact) mass is 372 g/mol. The van der Waals surface area contributed by atoms with E-state index in [-0.39, 0.29) is 18.2 Å². The Morgan fingerprint density at radius 1 is 1.08 bits per heavy atom. The van der Waals surface area contributed by atoms with Gasteiger partial charge < -0.3 is 10.2 Å². The summed E-state index contributed by atoms with van der Waals surface area (Å²) in [6.07, 6.45) is 1.02. The average molecular weight is 373 g/mol. The summed E-state index contributed by atoms with van der Waals surface area (Å²) >= 11 is 6.19. The molecule has 2 rings (SSSR count). The van der Waals surface area contributed by atoms with E-state index in [2.05, 4.69) is 5.32 Å². The third-order valence-corrected chi connectivity index (χ3v) is 4.58. The summed E-state index contributed by atoms with van der Waals surface area (Å²) in [7, 11) is 0. The van der Waals surface area contributed by atoms with Gasteiger partial charge in [0.1, 0.15) is 6.04 Å². The van der Waals surface area contributed by atoms with Gasteiger partial charge in [-0.15, -0.1) is 0 Å². The van der Waals surface area contributed by atoms with Crippen LogP contribution in [-0.2, 0) is 22.6 Å². The molecule has 0 saturated heterocycles. The summed E-state index contributed by atoms with van der Waals surface area (Å²) in [5.41, 5.74) is 1.74. The molecule has 2 aromatic rings. The van der Waals surface area contributed by atoms with Crippen LogP contribution in [0.25, 0.3) is 0 Å². The van der Waals surface area contributed by atoms with Gasteiger partial charge >= 0.3 is 0 Å². The zero-order valence-electron chi connectivity index (χ0n) is 15.2. The Balaban J connectivity index is 2.19. The van der Waals surface area contributed by atoms with E-state index in [1.807, 2.05) is 55.5 Å². The molecule has 0 aliphatic carbocycles. The lowest BCUT2D eigenvalue weighted by atomic mass is 10.1. The van der Waals surface area contributed by atoms with Gasteiger partial charge in [-0.1, -0.05) is 67.1 Å². The number of hydrogen-bond donors (Lipinski definition) is 1. The first-order chi connectivity index (χ1) is 12.5. The zero-order valence-corrected chi connectivity index (χ0v) is 16.0. The van der Waals surface area contributed by atoms with Crippen molar-refractivity contribution in [2.75, 3.05) is 6.54 Å². The molecular formula is C21H25ClN2O2. The lowest BCUT2D eigenvalue weighted by molar-refractivity contribution is -0.140. The molecule has 0 heterocycles. The molecule has 2 amide bonds. The second-order valence-corrected chi connectivity index (χ2v) is 6.65. The first-order valence-electron chi connectivity index (χ1n) is 8.87. The maximum atomic E-state index is 13.0. The van der Waals surface area contributed by atoms with E-state index in [4.69, 9.17) is 11.6 Å². The highest BCUT2D eigenvalue weighted by molar-refractivity contribution is 6.31. The summed E-state index contributed by atoms with van der Waals surface area (Å²) in [5, 5.41) is 3.43. The molecule has 0 spiro atoms. The number of amides is 2. The predicted molar refractivity (Wildman–Crippen MR) is 105 cm³/mol. The van der Waals surface area contributed by atoms with Crippen LogP contribution in [0.15, 0.2) is 54.6 Å². The van der Waals surface area contributed by atoms with E-state index in [9.17, 15) is 9.59 Å². The molecule has 0 saturated carbocycles. The molecule has 0 aliphatic heterocycles. The van der Waals surface area contributed by atoms with Crippen molar-refractivity contribution in [3.8, 4) is 0 Å². The van der Waals surface area contributed by atoms with Crippen LogP contribution in [0.5, 0.6) is 0 Å². The van der Waals surface area contributed by atoms with Crippen LogP contribution < -0.4 is 5.32 Å². The Kier molecular flexibility index (Phi) is 7.67. The lowest BCUT2D eigenvalue weighted by Crippen LogP contribution is -2.48. The fraction of sp³-hybridized carbons (Fsp3) is 0.333. The third kappa shape index (κ3) is 5.60. The first-order valence-corrected chi connectivity index (χ1v) is 9.25. The summed E-state index contributed by atoms with van der Waals surface area (Å²) in [6, 6.07) is 16.4. The van der Waals surface area contributed by atoms with Gasteiger partial charge in [-0.2, -0.15) is 0 Å². The van der Waals surface area contributed by atoms with Crippen molar-refractivity contribution < 1.29 is 9.59 Å². The molecule has 5 heteroatoms. The quantitative estimate of drug-likeness (QED) is 0.765. The highest BCUT2D eigenvalue weighted by Gasteiger charge is 2.26. The van der Waals surface area contributed by atoms with Gasteiger partial charge in [0, 0.05) is 18.1 Å². The second-order valence-electron chi connectivity index (χ2n) is 6.24. The maximum absolute atomic E-state index is 13.0. The smallest absolute Gasteiger partial charge is 0.242 e. The molecule has 0 aromatic heterocycles. The minimum Gasteiger partial charge on any atom is -0.354 e. The first kappa shape index (κ1) is 20.0. The average Bonchev–Trinajstić information content (AvgIpc) is 2.66. The number of halogens is 1. The highest BCUT2D eigenvalue weighted by atomic mass is 35.5. The van der Waals surface area contributed by atoms with E-state index < -0.39 is 6.04 Å². The predicted octanol–water partition coefficient (Wildman–Crippen LogP) is 3.83. The molecule has 0 aliphatic rings. The normalized spacial score (nSPS) is 11.7. The molecule has 1 N–H and O–H groups in total. The van der Waals surface area contributed by atoms with Gasteiger partial charge in [0.05, 0.1) is 6.42 Å². The van der Waals surface area contributed by atoms with E-state index in [1.165, 1.54) is 0 Å². The fourth-order valence-corrected chi connectivity index (χ4v) is 2.87. The van der Waals surface area contributed by atoms with E-state index >= 15 is 0 Å². The maximum Gasteiger partial charge on any atom is 0.242 e. The molecular weight excluding hydrogens is 348 g/mol. The number of nitrogens with one attached hydrogen (secondary N) is 1. The van der Waals surface area contributed by atoms with Crippen molar-refractivity contribution in [2.45, 2.75) is 39.3 Å². The Hall–Kier alpha value is -2.33. The SMILES string of the molecule is CCCNC(=O)C(C)N(Cc1ccccc1)C(=O)Cc1ccccc1Cl. The van der Waals surface area contributed by atoms with Crippen molar-refractivity contribution in [2.24, 2.45) is 0 Å². The third-order valence-electron chi connectivity index (χ3n) is 4.21. The van der Waals surface area contributed by atoms with E-state index in [1.54, 1.807) is 17.9 Å². The van der Waals surface area contributed by atoms with Crippen LogP contribution in [0.1, 0.15) is 31.4 Å². The molecule has 138 valence electrons. The minimum atomic E-state index is -0.559. The minimum absolute atomic E-state index is 0.124. The molecule has 4 nitrogen and oxygen atoms in total. The Labute approximate surface area is 160 Å². The second kappa shape index (κ2) is 9.97. The summed E-state index contributed by atoms with van der Waals surface area (Å²) in [6.45, 7) is 4.74. The van der Waals surface area contributed by atoms with E-state index in [0.29, 0.717) is 18.1 Å². The van der Waals surface area contributed by atoms with Crippen LogP contribution in [0.3, 0.4) is 0 Å². The number of nitrogens with zero attached hydrogens (tertiary/aromatic N) is 1. The van der Waals surface area contributed by atoms with Crippen molar-refractivity contribution in [3.05, 3.63) is 70.7 Å². The zero-order chi connectivity index (χ0) is 18.9. The van der Waals surface area contributed by atoms with Gasteiger partial charge in [-0.25, -0.2) is 0 Å². The van der Waals surface area contributed by atoms with Gasteiger partial charge in [0.25, 0.3) is 0 Å². The summed E-state index contributed by atoms with van der Waals surface area (Å²) in [5.74, 6) is -0.267. The fourth-order valence-electron chi connectivity index (χ4n) is 2.66. The number of carbonyl (C=O) groups is 2. The summed E-state index contributed by atoms with van der Waals surface area (Å²) < 4.78 is 0. The molecule has 0 fully saturated rings. The van der Waals surface area contributed by atoms with Crippen LogP contribution in [0, 0.1) is 0 Å². The molecule has 1 atom stereocenters. The van der Waals surface area contributed by atoms with Gasteiger partial charge in [0.15, 0.2) is 0 Å². The number of benzene rings is 2. The standard InChI is InChI=1S/C21H25ClN2O2/c1-3-13-23-21(26)16(2)24(15-17-9-5-4-6-10-17)20(25)14-18-11-7-8-12-19(18)22/h4-12,16H,3,13-15H2,1-2H3,(H,23,26). The molecule has 1 unspecified atom stereocenters. The molecule has 2 aromatic carbocycles. The largest absolute Gasteiger partial charge is 0.354 e. The topological polar surface area (TPSA) is 49.4 Å². The van der Waals surface area contributed by atoms with Gasteiger partial charge in [-0.3, -0.25) is 9.59 Å². The molecule has 26 heavy (non-hydrogen) atoms. The van der Waals surface area contributed by atoms with Crippen LogP contribution in [0.2, 0.25) is 5.02 Å². The van der Waals surface area contributed by atoms with Crippen LogP contribution in [-0.4, -0.2) is 29.3 Å².